The van der Waals surface area contributed by atoms with Crippen molar-refractivity contribution in [2.24, 2.45) is 0 Å². The molecule has 1 unspecified atom stereocenters. The van der Waals surface area contributed by atoms with Gasteiger partial charge >= 0.3 is 80.9 Å². The van der Waals surface area contributed by atoms with Gasteiger partial charge in [0.15, 0.2) is 0 Å². The van der Waals surface area contributed by atoms with Gasteiger partial charge in [-0.3, -0.25) is 0 Å². The van der Waals surface area contributed by atoms with Gasteiger partial charge in [-0.1, -0.05) is 0 Å². The molecule has 0 aromatic heterocycles. The van der Waals surface area contributed by atoms with Gasteiger partial charge in [-0.2, -0.15) is 0 Å². The summed E-state index contributed by atoms with van der Waals surface area (Å²) in [6.45, 7) is 7.49. The molecule has 0 N–H and O–H groups in total. The van der Waals surface area contributed by atoms with Gasteiger partial charge < -0.3 is 0 Å². The summed E-state index contributed by atoms with van der Waals surface area (Å²) >= 11 is -0.513. The Morgan fingerprint density at radius 1 is 1.08 bits per heavy atom. The van der Waals surface area contributed by atoms with Gasteiger partial charge in [-0.15, -0.1) is 0 Å². The molecule has 1 rings (SSSR count). The van der Waals surface area contributed by atoms with Gasteiger partial charge in [0.2, 0.25) is 0 Å². The Hall–Kier alpha value is 0.478. The predicted molar refractivity (Wildman–Crippen MR) is 56.0 cm³/mol. The minimum absolute atomic E-state index is 0.513. The number of hydrogen-bond acceptors (Lipinski definition) is 2. The molecule has 1 atom stereocenters. The molecule has 0 amide bonds. The third kappa shape index (κ3) is 2.76. The Balaban J connectivity index is 2.34. The fourth-order valence-electron chi connectivity index (χ4n) is 1.52. The third-order valence-corrected chi connectivity index (χ3v) is 6.63. The fourth-order valence-corrected chi connectivity index (χ4v) is 3.38. The molecule has 12 heavy (non-hydrogen) atoms. The summed E-state index contributed by atoms with van der Waals surface area (Å²) in [6, 6.07) is 0. The second-order valence-electron chi connectivity index (χ2n) is 3.93. The number of rotatable bonds is 2. The van der Waals surface area contributed by atoms with Crippen molar-refractivity contribution in [2.45, 2.75) is 23.2 Å². The Labute approximate surface area is 81.2 Å². The van der Waals surface area contributed by atoms with E-state index in [1.54, 1.807) is 0 Å². The van der Waals surface area contributed by atoms with E-state index < -0.39 is 14.7 Å². The molecule has 0 radical (unpaired) electrons. The number of hydrogen-bond donors (Lipinski definition) is 0. The number of piperazine rings is 1. The first-order valence-electron chi connectivity index (χ1n) is 4.70. The summed E-state index contributed by atoms with van der Waals surface area (Å²) < 4.78 is 0. The molecule has 1 heterocycles. The van der Waals surface area contributed by atoms with E-state index in [0.29, 0.717) is 0 Å². The molecule has 1 fully saturated rings. The topological polar surface area (TPSA) is 6.48 Å². The Bertz CT molecular complexity index is 130. The first-order valence-corrected chi connectivity index (χ1v) is 9.54. The average Bonchev–Trinajstić information content (AvgIpc) is 2.04. The summed E-state index contributed by atoms with van der Waals surface area (Å²) in [6.07, 6.45) is 0. The summed E-state index contributed by atoms with van der Waals surface area (Å²) in [5, 5.41) is 0. The van der Waals surface area contributed by atoms with Gasteiger partial charge in [0.05, 0.1) is 0 Å². The summed E-state index contributed by atoms with van der Waals surface area (Å²) in [7, 11) is 2.22. The van der Waals surface area contributed by atoms with E-state index in [0.717, 1.165) is 4.83 Å². The fraction of sp³-hybridized carbons (Fsp3) is 1.00. The van der Waals surface area contributed by atoms with E-state index in [1.165, 1.54) is 26.2 Å². The molecule has 0 spiro atoms. The molecule has 2 nitrogen and oxygen atoms in total. The molecular weight excluding hydrogens is 211 g/mol. The van der Waals surface area contributed by atoms with Crippen LogP contribution in [0.1, 0.15) is 6.92 Å². The van der Waals surface area contributed by atoms with Crippen LogP contribution in [0.2, 0.25) is 11.4 Å². The number of likely N-dealkylation sites (N-methyl/N-ethyl adjacent to an activating group) is 1. The molecule has 72 valence electrons. The first kappa shape index (κ1) is 10.6. The summed E-state index contributed by atoms with van der Waals surface area (Å²) in [4.78, 5) is 5.98. The maximum atomic E-state index is 2.67. The van der Waals surface area contributed by atoms with Crippen molar-refractivity contribution in [1.82, 2.24) is 9.80 Å². The molecule has 1 aliphatic rings. The van der Waals surface area contributed by atoms with Crippen LogP contribution in [0.3, 0.4) is 0 Å². The van der Waals surface area contributed by atoms with Crippen molar-refractivity contribution in [3.05, 3.63) is 0 Å². The van der Waals surface area contributed by atoms with Crippen LogP contribution < -0.4 is 0 Å². The second kappa shape index (κ2) is 4.64. The summed E-state index contributed by atoms with van der Waals surface area (Å²) in [5.41, 5.74) is 4.91. The van der Waals surface area contributed by atoms with Crippen LogP contribution in [0, 0.1) is 0 Å². The van der Waals surface area contributed by atoms with E-state index in [9.17, 15) is 0 Å². The quantitative estimate of drug-likeness (QED) is 0.653. The van der Waals surface area contributed by atoms with Crippen molar-refractivity contribution in [1.29, 1.82) is 0 Å². The zero-order valence-corrected chi connectivity index (χ0v) is 10.6. The van der Waals surface area contributed by atoms with E-state index >= 15 is 0 Å². The van der Waals surface area contributed by atoms with E-state index in [-0.39, 0.29) is 0 Å². The van der Waals surface area contributed by atoms with Crippen LogP contribution in [-0.2, 0) is 0 Å². The first-order chi connectivity index (χ1) is 5.61. The Morgan fingerprint density at radius 2 is 1.58 bits per heavy atom. The van der Waals surface area contributed by atoms with Crippen LogP contribution in [0.4, 0.5) is 0 Å². The van der Waals surface area contributed by atoms with Gasteiger partial charge in [0.25, 0.3) is 0 Å². The third-order valence-electron chi connectivity index (χ3n) is 2.81. The van der Waals surface area contributed by atoms with Crippen molar-refractivity contribution in [2.75, 3.05) is 33.2 Å². The number of nitrogens with zero attached hydrogens (tertiary/aromatic N) is 2. The van der Waals surface area contributed by atoms with E-state index in [2.05, 4.69) is 35.2 Å². The van der Waals surface area contributed by atoms with Crippen LogP contribution in [-0.4, -0.2) is 62.5 Å². The molecule has 0 bridgehead atoms. The second-order valence-corrected chi connectivity index (χ2v) is 9.55. The zero-order chi connectivity index (χ0) is 9.14. The van der Waals surface area contributed by atoms with Gasteiger partial charge in [0, 0.05) is 0 Å². The standard InChI is InChI=1S/C9H21AsN2/c1-9(10(2)3)12-7-5-11(4)6-8-12/h9H,5-8H2,1-4H3. The molecule has 3 heteroatoms. The van der Waals surface area contributed by atoms with Crippen molar-refractivity contribution < 1.29 is 0 Å². The van der Waals surface area contributed by atoms with E-state index in [1.807, 2.05) is 0 Å². The van der Waals surface area contributed by atoms with Gasteiger partial charge in [-0.05, 0) is 0 Å². The van der Waals surface area contributed by atoms with Crippen molar-refractivity contribution >= 4 is 14.7 Å². The van der Waals surface area contributed by atoms with E-state index in [4.69, 9.17) is 0 Å². The Kier molecular flexibility index (Phi) is 4.08. The predicted octanol–water partition coefficient (Wildman–Crippen LogP) is 0.916. The van der Waals surface area contributed by atoms with Crippen LogP contribution in [0.15, 0.2) is 0 Å². The van der Waals surface area contributed by atoms with Crippen molar-refractivity contribution in [3.8, 4) is 0 Å². The molecule has 1 aliphatic heterocycles. The Morgan fingerprint density at radius 3 is 2.00 bits per heavy atom. The molecule has 0 aliphatic carbocycles. The zero-order valence-electron chi connectivity index (χ0n) is 8.75. The van der Waals surface area contributed by atoms with Crippen LogP contribution >= 0.6 is 0 Å². The average molecular weight is 232 g/mol. The normalized spacial score (nSPS) is 24.8. The molecule has 0 aromatic rings. The molecule has 1 saturated heterocycles. The monoisotopic (exact) mass is 232 g/mol. The van der Waals surface area contributed by atoms with Crippen LogP contribution in [0.5, 0.6) is 0 Å². The van der Waals surface area contributed by atoms with Gasteiger partial charge in [0.1, 0.15) is 0 Å². The van der Waals surface area contributed by atoms with Gasteiger partial charge in [-0.25, -0.2) is 0 Å². The minimum atomic E-state index is -0.513. The molecular formula is C9H21AsN2. The molecule has 0 saturated carbocycles. The molecule has 0 aromatic carbocycles. The van der Waals surface area contributed by atoms with Crippen molar-refractivity contribution in [3.63, 3.8) is 0 Å². The summed E-state index contributed by atoms with van der Waals surface area (Å²) in [5.74, 6) is 0. The SMILES string of the molecule is CC(N1CCN(C)CC1)[As](C)C. The van der Waals surface area contributed by atoms with Crippen LogP contribution in [0.25, 0.3) is 0 Å². The maximum absolute atomic E-state index is 2.67.